The molecular formula is C19H25N3O5. The number of carbonyl (C=O) groups excluding carboxylic acids is 1. The number of aryl methyl sites for hydroxylation is 1. The third-order valence-corrected chi connectivity index (χ3v) is 5.04. The van der Waals surface area contributed by atoms with Gasteiger partial charge in [-0.25, -0.2) is 9.59 Å². The van der Waals surface area contributed by atoms with Crippen molar-refractivity contribution >= 4 is 23.1 Å². The van der Waals surface area contributed by atoms with E-state index in [9.17, 15) is 14.4 Å². The fraction of sp³-hybridized carbons (Fsp3) is 0.526. The van der Waals surface area contributed by atoms with Crippen molar-refractivity contribution in [2.24, 2.45) is 0 Å². The summed E-state index contributed by atoms with van der Waals surface area (Å²) in [5.41, 5.74) is 1.59. The number of ether oxygens (including phenoxy) is 1. The molecule has 0 unspecified atom stereocenters. The Kier molecular flexibility index (Phi) is 5.83. The summed E-state index contributed by atoms with van der Waals surface area (Å²) in [6.45, 7) is 3.42. The quantitative estimate of drug-likeness (QED) is 0.783. The van der Waals surface area contributed by atoms with Crippen LogP contribution in [0.2, 0.25) is 0 Å². The Hall–Kier alpha value is -2.77. The average molecular weight is 375 g/mol. The monoisotopic (exact) mass is 375 g/mol. The van der Waals surface area contributed by atoms with E-state index in [0.717, 1.165) is 11.0 Å². The minimum atomic E-state index is -0.915. The number of para-hydroxylation sites is 2. The molecule has 8 nitrogen and oxygen atoms in total. The first-order chi connectivity index (χ1) is 13.0. The number of piperidine rings is 1. The molecule has 1 aliphatic rings. The summed E-state index contributed by atoms with van der Waals surface area (Å²) in [7, 11) is 0. The van der Waals surface area contributed by atoms with Crippen molar-refractivity contribution in [1.82, 2.24) is 14.0 Å². The van der Waals surface area contributed by atoms with Crippen LogP contribution in [0.4, 0.5) is 4.79 Å². The summed E-state index contributed by atoms with van der Waals surface area (Å²) in [5, 5.41) is 9.12. The predicted octanol–water partition coefficient (Wildman–Crippen LogP) is 2.46. The second-order valence-corrected chi connectivity index (χ2v) is 6.70. The van der Waals surface area contributed by atoms with E-state index in [1.165, 1.54) is 4.90 Å². The molecule has 1 fully saturated rings. The number of likely N-dealkylation sites (tertiary alicyclic amines) is 1. The van der Waals surface area contributed by atoms with Gasteiger partial charge in [0, 0.05) is 32.1 Å². The zero-order valence-electron chi connectivity index (χ0n) is 15.5. The molecule has 0 spiro atoms. The molecule has 8 heteroatoms. The topological polar surface area (TPSA) is 93.8 Å². The summed E-state index contributed by atoms with van der Waals surface area (Å²) in [5.74, 6) is -0.254. The SMILES string of the molecule is CCOC(=O)CCCn1c(=O)n(C2CCN(C(=O)O)CC2)c2ccccc21. The molecule has 1 saturated heterocycles. The highest BCUT2D eigenvalue weighted by atomic mass is 16.5. The van der Waals surface area contributed by atoms with Gasteiger partial charge in [-0.15, -0.1) is 0 Å². The lowest BCUT2D eigenvalue weighted by Crippen LogP contribution is -2.40. The third-order valence-electron chi connectivity index (χ3n) is 5.04. The summed E-state index contributed by atoms with van der Waals surface area (Å²) in [6, 6.07) is 7.59. The van der Waals surface area contributed by atoms with Crippen LogP contribution in [0, 0.1) is 0 Å². The lowest BCUT2D eigenvalue weighted by Gasteiger charge is -2.30. The molecule has 1 amide bonds. The molecule has 1 aliphatic heterocycles. The molecule has 1 aromatic heterocycles. The Bertz CT molecular complexity index is 877. The second kappa shape index (κ2) is 8.28. The van der Waals surface area contributed by atoms with E-state index < -0.39 is 6.09 Å². The number of esters is 1. The highest BCUT2D eigenvalue weighted by Gasteiger charge is 2.26. The van der Waals surface area contributed by atoms with Crippen molar-refractivity contribution in [3.63, 3.8) is 0 Å². The van der Waals surface area contributed by atoms with Gasteiger partial charge in [0.15, 0.2) is 0 Å². The number of aromatic nitrogens is 2. The molecule has 0 bridgehead atoms. The molecule has 0 atom stereocenters. The fourth-order valence-corrected chi connectivity index (χ4v) is 3.73. The number of fused-ring (bicyclic) bond motifs is 1. The fourth-order valence-electron chi connectivity index (χ4n) is 3.73. The number of carbonyl (C=O) groups is 2. The third kappa shape index (κ3) is 3.99. The van der Waals surface area contributed by atoms with Gasteiger partial charge in [0.2, 0.25) is 0 Å². The Morgan fingerprint density at radius 1 is 1.19 bits per heavy atom. The van der Waals surface area contributed by atoms with Crippen LogP contribution in [0.1, 0.15) is 38.6 Å². The number of hydrogen-bond donors (Lipinski definition) is 1. The van der Waals surface area contributed by atoms with Gasteiger partial charge < -0.3 is 14.7 Å². The van der Waals surface area contributed by atoms with Crippen molar-refractivity contribution in [2.45, 2.75) is 45.2 Å². The van der Waals surface area contributed by atoms with Crippen LogP contribution in [0.25, 0.3) is 11.0 Å². The van der Waals surface area contributed by atoms with Crippen LogP contribution in [-0.2, 0) is 16.1 Å². The predicted molar refractivity (Wildman–Crippen MR) is 99.9 cm³/mol. The smallest absolute Gasteiger partial charge is 0.407 e. The van der Waals surface area contributed by atoms with E-state index in [-0.39, 0.29) is 24.1 Å². The van der Waals surface area contributed by atoms with E-state index in [1.54, 1.807) is 16.1 Å². The number of imidazole rings is 1. The second-order valence-electron chi connectivity index (χ2n) is 6.70. The van der Waals surface area contributed by atoms with Gasteiger partial charge in [-0.3, -0.25) is 13.9 Å². The highest BCUT2D eigenvalue weighted by molar-refractivity contribution is 5.76. The maximum Gasteiger partial charge on any atom is 0.407 e. The minimum Gasteiger partial charge on any atom is -0.466 e. The number of nitrogens with zero attached hydrogens (tertiary/aromatic N) is 3. The van der Waals surface area contributed by atoms with Gasteiger partial charge in [-0.1, -0.05) is 12.1 Å². The number of carboxylic acid groups (broad SMARTS) is 1. The lowest BCUT2D eigenvalue weighted by molar-refractivity contribution is -0.143. The van der Waals surface area contributed by atoms with E-state index in [1.807, 2.05) is 24.3 Å². The first kappa shape index (κ1) is 19.0. The molecule has 146 valence electrons. The van der Waals surface area contributed by atoms with Gasteiger partial charge in [0.05, 0.1) is 17.6 Å². The number of rotatable bonds is 6. The maximum absolute atomic E-state index is 13.1. The average Bonchev–Trinajstić information content (AvgIpc) is 2.94. The number of amides is 1. The molecule has 0 saturated carbocycles. The largest absolute Gasteiger partial charge is 0.466 e. The van der Waals surface area contributed by atoms with Crippen molar-refractivity contribution in [1.29, 1.82) is 0 Å². The molecule has 2 heterocycles. The van der Waals surface area contributed by atoms with Gasteiger partial charge in [-0.2, -0.15) is 0 Å². The van der Waals surface area contributed by atoms with Crippen molar-refractivity contribution in [3.8, 4) is 0 Å². The Morgan fingerprint density at radius 3 is 2.48 bits per heavy atom. The molecule has 1 N–H and O–H groups in total. The van der Waals surface area contributed by atoms with E-state index in [0.29, 0.717) is 45.5 Å². The zero-order chi connectivity index (χ0) is 19.4. The first-order valence-corrected chi connectivity index (χ1v) is 9.36. The Labute approximate surface area is 156 Å². The van der Waals surface area contributed by atoms with Crippen LogP contribution in [0.3, 0.4) is 0 Å². The maximum atomic E-state index is 13.1. The number of hydrogen-bond acceptors (Lipinski definition) is 4. The van der Waals surface area contributed by atoms with Crippen molar-refractivity contribution < 1.29 is 19.4 Å². The Balaban J connectivity index is 1.82. The van der Waals surface area contributed by atoms with E-state index in [2.05, 4.69) is 0 Å². The van der Waals surface area contributed by atoms with Crippen LogP contribution in [0.15, 0.2) is 29.1 Å². The van der Waals surface area contributed by atoms with Crippen LogP contribution in [-0.4, -0.2) is 50.9 Å². The molecule has 1 aromatic carbocycles. The first-order valence-electron chi connectivity index (χ1n) is 9.36. The molecule has 0 radical (unpaired) electrons. The van der Waals surface area contributed by atoms with Crippen molar-refractivity contribution in [2.75, 3.05) is 19.7 Å². The standard InChI is InChI=1S/C19H25N3O5/c1-2-27-17(23)8-5-11-21-15-6-3-4-7-16(15)22(18(21)24)14-9-12-20(13-10-14)19(25)26/h3-4,6-7,14H,2,5,8-13H2,1H3,(H,25,26). The minimum absolute atomic E-state index is 0.0238. The molecule has 2 aromatic rings. The summed E-state index contributed by atoms with van der Waals surface area (Å²) in [6.07, 6.45) is 1.12. The lowest BCUT2D eigenvalue weighted by atomic mass is 10.1. The summed E-state index contributed by atoms with van der Waals surface area (Å²) < 4.78 is 8.44. The highest BCUT2D eigenvalue weighted by Crippen LogP contribution is 2.26. The zero-order valence-corrected chi connectivity index (χ0v) is 15.5. The molecule has 3 rings (SSSR count). The van der Waals surface area contributed by atoms with Gasteiger partial charge in [0.25, 0.3) is 0 Å². The van der Waals surface area contributed by atoms with E-state index in [4.69, 9.17) is 9.84 Å². The van der Waals surface area contributed by atoms with Gasteiger partial charge >= 0.3 is 17.8 Å². The Morgan fingerprint density at radius 2 is 1.85 bits per heavy atom. The van der Waals surface area contributed by atoms with Gasteiger partial charge in [-0.05, 0) is 38.3 Å². The summed E-state index contributed by atoms with van der Waals surface area (Å²) >= 11 is 0. The normalized spacial score (nSPS) is 15.2. The molecule has 27 heavy (non-hydrogen) atoms. The molecule has 0 aliphatic carbocycles. The van der Waals surface area contributed by atoms with E-state index >= 15 is 0 Å². The molecular weight excluding hydrogens is 350 g/mol. The number of benzene rings is 1. The van der Waals surface area contributed by atoms with Gasteiger partial charge in [0.1, 0.15) is 0 Å². The van der Waals surface area contributed by atoms with Crippen LogP contribution >= 0.6 is 0 Å². The van der Waals surface area contributed by atoms with Crippen LogP contribution in [0.5, 0.6) is 0 Å². The summed E-state index contributed by atoms with van der Waals surface area (Å²) in [4.78, 5) is 37.1. The van der Waals surface area contributed by atoms with Crippen molar-refractivity contribution in [3.05, 3.63) is 34.7 Å². The van der Waals surface area contributed by atoms with Crippen LogP contribution < -0.4 is 5.69 Å².